The van der Waals surface area contributed by atoms with Crippen LogP contribution in [0.15, 0.2) is 109 Å². The summed E-state index contributed by atoms with van der Waals surface area (Å²) in [6.07, 6.45) is 9.68. The van der Waals surface area contributed by atoms with E-state index < -0.39 is 0 Å². The van der Waals surface area contributed by atoms with Gasteiger partial charge >= 0.3 is 0 Å². The summed E-state index contributed by atoms with van der Waals surface area (Å²) >= 11 is 2.03. The second-order valence-corrected chi connectivity index (χ2v) is 17.3. The van der Waals surface area contributed by atoms with Gasteiger partial charge in [0.25, 0.3) is 0 Å². The van der Waals surface area contributed by atoms with E-state index in [1.807, 2.05) is 11.3 Å². The lowest BCUT2D eigenvalue weighted by molar-refractivity contribution is 0.332. The molecular formula is C44H45BN2S. The molecule has 0 N–H and O–H groups in total. The van der Waals surface area contributed by atoms with Crippen molar-refractivity contribution in [1.82, 2.24) is 0 Å². The number of nitrogens with zero attached hydrogens (tertiary/aromatic N) is 2. The lowest BCUT2D eigenvalue weighted by Gasteiger charge is -2.53. The van der Waals surface area contributed by atoms with Crippen LogP contribution >= 0.6 is 11.3 Å². The molecule has 9 rings (SSSR count). The van der Waals surface area contributed by atoms with E-state index in [1.165, 1.54) is 78.3 Å². The minimum atomic E-state index is 0.133. The molecule has 0 spiro atoms. The van der Waals surface area contributed by atoms with E-state index in [2.05, 4.69) is 161 Å². The molecule has 2 nitrogen and oxygen atoms in total. The number of benzene rings is 4. The Hall–Kier alpha value is -4.02. The lowest BCUT2D eigenvalue weighted by Crippen LogP contribution is -2.63. The molecule has 3 heterocycles. The summed E-state index contributed by atoms with van der Waals surface area (Å²) in [5, 5.41) is 1.39. The van der Waals surface area contributed by atoms with Crippen molar-refractivity contribution in [2.45, 2.75) is 89.9 Å². The Kier molecular flexibility index (Phi) is 6.57. The normalized spacial score (nSPS) is 21.5. The number of thiophene rings is 1. The topological polar surface area (TPSA) is 6.48 Å². The highest BCUT2D eigenvalue weighted by Crippen LogP contribution is 2.55. The molecule has 0 fully saturated rings. The Morgan fingerprint density at radius 1 is 0.812 bits per heavy atom. The number of rotatable bonds is 3. The van der Waals surface area contributed by atoms with E-state index in [-0.39, 0.29) is 29.4 Å². The van der Waals surface area contributed by atoms with E-state index >= 15 is 0 Å². The Labute approximate surface area is 290 Å². The smallest absolute Gasteiger partial charge is 0.239 e. The van der Waals surface area contributed by atoms with E-state index in [1.54, 1.807) is 5.56 Å². The molecule has 2 aliphatic heterocycles. The van der Waals surface area contributed by atoms with Gasteiger partial charge in [-0.05, 0) is 107 Å². The van der Waals surface area contributed by atoms with Gasteiger partial charge in [0, 0.05) is 43.4 Å². The third kappa shape index (κ3) is 4.24. The van der Waals surface area contributed by atoms with Crippen molar-refractivity contribution in [2.24, 2.45) is 0 Å². The fraction of sp³-hybridized carbons (Fsp3) is 0.318. The van der Waals surface area contributed by atoms with Gasteiger partial charge in [0.1, 0.15) is 0 Å². The van der Waals surface area contributed by atoms with Crippen LogP contribution in [0.3, 0.4) is 0 Å². The molecule has 4 aromatic carbocycles. The maximum absolute atomic E-state index is 2.71. The van der Waals surface area contributed by atoms with Crippen LogP contribution in [-0.4, -0.2) is 12.8 Å². The highest BCUT2D eigenvalue weighted by molar-refractivity contribution is 7.32. The lowest BCUT2D eigenvalue weighted by atomic mass is 9.30. The first kappa shape index (κ1) is 30.1. The van der Waals surface area contributed by atoms with Crippen molar-refractivity contribution >= 4 is 61.1 Å². The quantitative estimate of drug-likeness (QED) is 0.180. The summed E-state index contributed by atoms with van der Waals surface area (Å²) in [5.41, 5.74) is 14.3. The predicted molar refractivity (Wildman–Crippen MR) is 209 cm³/mol. The van der Waals surface area contributed by atoms with Crippen LogP contribution in [0, 0.1) is 6.92 Å². The molecule has 4 heteroatoms. The molecule has 0 saturated heterocycles. The summed E-state index contributed by atoms with van der Waals surface area (Å²) in [6.45, 7) is 17.1. The van der Waals surface area contributed by atoms with Gasteiger partial charge in [0.2, 0.25) is 6.71 Å². The standard InChI is InChI=1S/C44H45BN2S/c1-27(2)29-20-21-39-31(24-29)41-42(48-39)45-34-25-32-33(44(6,7)23-22-43(32,4)5)26-38(34)47(35-17-12-11-14-28(35)3)37-19-13-18-36(40(37)45)46(41)30-15-9-8-10-16-30/h8-21,24-27,37,40H,22-23H2,1-7H3/t37-,40+/m1/s1. The molecule has 0 bridgehead atoms. The number of para-hydroxylation sites is 2. The fourth-order valence-electron chi connectivity index (χ4n) is 9.28. The monoisotopic (exact) mass is 644 g/mol. The van der Waals surface area contributed by atoms with Gasteiger partial charge < -0.3 is 9.80 Å². The Bertz CT molecular complexity index is 2170. The average Bonchev–Trinajstić information content (AvgIpc) is 3.45. The van der Waals surface area contributed by atoms with E-state index in [0.29, 0.717) is 5.92 Å². The van der Waals surface area contributed by atoms with Crippen LogP contribution < -0.4 is 20.0 Å². The Morgan fingerprint density at radius 3 is 2.25 bits per heavy atom. The van der Waals surface area contributed by atoms with Crippen LogP contribution in [0.5, 0.6) is 0 Å². The molecule has 0 amide bonds. The predicted octanol–water partition coefficient (Wildman–Crippen LogP) is 10.8. The molecule has 5 aromatic rings. The van der Waals surface area contributed by atoms with Crippen molar-refractivity contribution in [3.63, 3.8) is 0 Å². The number of aryl methyl sites for hydroxylation is 1. The summed E-state index contributed by atoms with van der Waals surface area (Å²) in [5.74, 6) is 0.744. The van der Waals surface area contributed by atoms with Crippen LogP contribution in [0.1, 0.15) is 82.6 Å². The first-order valence-electron chi connectivity index (χ1n) is 17.9. The zero-order chi connectivity index (χ0) is 33.1. The molecule has 2 atom stereocenters. The maximum atomic E-state index is 2.71. The Morgan fingerprint density at radius 2 is 1.52 bits per heavy atom. The van der Waals surface area contributed by atoms with Gasteiger partial charge in [-0.25, -0.2) is 0 Å². The molecule has 4 aliphatic rings. The van der Waals surface area contributed by atoms with Crippen LogP contribution in [0.4, 0.5) is 22.7 Å². The molecule has 48 heavy (non-hydrogen) atoms. The zero-order valence-electron chi connectivity index (χ0n) is 29.3. The molecule has 1 aromatic heterocycles. The third-order valence-electron chi connectivity index (χ3n) is 12.1. The van der Waals surface area contributed by atoms with Gasteiger partial charge in [-0.3, -0.25) is 0 Å². The van der Waals surface area contributed by atoms with Crippen LogP contribution in [0.2, 0.25) is 5.82 Å². The number of hydrogen-bond acceptors (Lipinski definition) is 3. The summed E-state index contributed by atoms with van der Waals surface area (Å²) in [4.78, 5) is 5.34. The molecule has 0 unspecified atom stereocenters. The van der Waals surface area contributed by atoms with Gasteiger partial charge in [0.15, 0.2) is 0 Å². The van der Waals surface area contributed by atoms with E-state index in [4.69, 9.17) is 0 Å². The SMILES string of the molecule is Cc1ccccc1N1c2cc3c(cc2B2c4sc5ccc(C(C)C)cc5c4N(c4ccccc4)C4=CC=C[C@@H]1[C@@H]24)C(C)(C)CCC3(C)C. The van der Waals surface area contributed by atoms with Crippen molar-refractivity contribution in [2.75, 3.05) is 9.80 Å². The van der Waals surface area contributed by atoms with E-state index in [9.17, 15) is 0 Å². The fourth-order valence-corrected chi connectivity index (χ4v) is 10.6. The number of allylic oxidation sites excluding steroid dienone is 2. The summed E-state index contributed by atoms with van der Waals surface area (Å²) < 4.78 is 2.90. The van der Waals surface area contributed by atoms with Crippen molar-refractivity contribution in [3.8, 4) is 0 Å². The summed E-state index contributed by atoms with van der Waals surface area (Å²) in [6, 6.07) is 32.9. The number of fused-ring (bicyclic) bond motifs is 7. The first-order chi connectivity index (χ1) is 23.0. The summed E-state index contributed by atoms with van der Waals surface area (Å²) in [7, 11) is 0. The second kappa shape index (κ2) is 10.5. The average molecular weight is 645 g/mol. The van der Waals surface area contributed by atoms with Gasteiger partial charge in [0.05, 0.1) is 11.7 Å². The highest BCUT2D eigenvalue weighted by atomic mass is 32.1. The Balaban J connectivity index is 1.41. The molecule has 240 valence electrons. The zero-order valence-corrected chi connectivity index (χ0v) is 30.2. The molecular weight excluding hydrogens is 599 g/mol. The van der Waals surface area contributed by atoms with Gasteiger partial charge in [-0.1, -0.05) is 102 Å². The van der Waals surface area contributed by atoms with Crippen molar-refractivity contribution < 1.29 is 0 Å². The van der Waals surface area contributed by atoms with Crippen molar-refractivity contribution in [1.29, 1.82) is 0 Å². The minimum Gasteiger partial charge on any atom is -0.335 e. The minimum absolute atomic E-state index is 0.133. The third-order valence-corrected chi connectivity index (χ3v) is 13.3. The van der Waals surface area contributed by atoms with Crippen LogP contribution in [0.25, 0.3) is 10.1 Å². The maximum Gasteiger partial charge on any atom is 0.239 e. The van der Waals surface area contributed by atoms with Crippen molar-refractivity contribution in [3.05, 3.63) is 131 Å². The highest BCUT2D eigenvalue weighted by Gasteiger charge is 2.54. The molecule has 2 aliphatic carbocycles. The number of anilines is 4. The second-order valence-electron chi connectivity index (χ2n) is 16.2. The van der Waals surface area contributed by atoms with Crippen LogP contribution in [-0.2, 0) is 10.8 Å². The molecule has 0 radical (unpaired) electrons. The first-order valence-corrected chi connectivity index (χ1v) is 18.7. The van der Waals surface area contributed by atoms with Gasteiger partial charge in [-0.2, -0.15) is 0 Å². The largest absolute Gasteiger partial charge is 0.335 e. The van der Waals surface area contributed by atoms with E-state index in [0.717, 1.165) is 0 Å². The number of hydrogen-bond donors (Lipinski definition) is 0. The van der Waals surface area contributed by atoms with Gasteiger partial charge in [-0.15, -0.1) is 11.3 Å². The molecule has 0 saturated carbocycles.